The van der Waals surface area contributed by atoms with E-state index >= 15 is 0 Å². The molecule has 0 aliphatic heterocycles. The van der Waals surface area contributed by atoms with Crippen molar-refractivity contribution in [2.24, 2.45) is 5.92 Å². The van der Waals surface area contributed by atoms with Gasteiger partial charge in [-0.2, -0.15) is 23.5 Å². The minimum absolute atomic E-state index is 0.0205. The van der Waals surface area contributed by atoms with Crippen molar-refractivity contribution in [1.82, 2.24) is 10.6 Å². The van der Waals surface area contributed by atoms with E-state index in [2.05, 4.69) is 51.8 Å². The molecule has 3 unspecified atom stereocenters. The normalized spacial score (nSPS) is 15.7. The van der Waals surface area contributed by atoms with E-state index in [0.717, 1.165) is 30.8 Å². The van der Waals surface area contributed by atoms with Crippen LogP contribution in [0.2, 0.25) is 0 Å². The molecule has 2 N–H and O–H groups in total. The maximum atomic E-state index is 11.9. The molecule has 0 rings (SSSR count). The Morgan fingerprint density at radius 2 is 1.87 bits per heavy atom. The largest absolute Gasteiger partial charge is 0.498 e. The summed E-state index contributed by atoms with van der Waals surface area (Å²) in [5, 5.41) is 5.71. The Bertz CT molecular complexity index is 608. The Labute approximate surface area is 199 Å². The summed E-state index contributed by atoms with van der Waals surface area (Å²) in [7, 11) is 1.67. The predicted octanol–water partition coefficient (Wildman–Crippen LogP) is 5.52. The third-order valence-corrected chi connectivity index (χ3v) is 8.32. The highest BCUT2D eigenvalue weighted by atomic mass is 32.2. The molecule has 0 aliphatic carbocycles. The molecular formula is C24H44N2O3S2. The summed E-state index contributed by atoms with van der Waals surface area (Å²) < 4.78 is 5.98. The summed E-state index contributed by atoms with van der Waals surface area (Å²) >= 11 is 3.63. The van der Waals surface area contributed by atoms with Gasteiger partial charge in [-0.1, -0.05) is 54.2 Å². The highest BCUT2D eigenvalue weighted by molar-refractivity contribution is 8.01. The van der Waals surface area contributed by atoms with Crippen molar-refractivity contribution in [3.63, 3.8) is 0 Å². The fraction of sp³-hybridized carbons (Fsp3) is 0.750. The number of amides is 2. The van der Waals surface area contributed by atoms with E-state index in [1.807, 2.05) is 31.7 Å². The van der Waals surface area contributed by atoms with Gasteiger partial charge in [0.1, 0.15) is 0 Å². The van der Waals surface area contributed by atoms with E-state index < -0.39 is 0 Å². The number of nitrogens with one attached hydrogen (secondary N) is 2. The quantitative estimate of drug-likeness (QED) is 0.290. The first-order valence-electron chi connectivity index (χ1n) is 11.1. The topological polar surface area (TPSA) is 67.4 Å². The minimum atomic E-state index is -0.0447. The lowest BCUT2D eigenvalue weighted by Gasteiger charge is -2.31. The number of hydrogen-bond donors (Lipinski definition) is 2. The second kappa shape index (κ2) is 14.9. The third-order valence-electron chi connectivity index (χ3n) is 5.10. The van der Waals surface area contributed by atoms with Gasteiger partial charge < -0.3 is 15.4 Å². The Morgan fingerprint density at radius 1 is 1.23 bits per heavy atom. The molecule has 7 heteroatoms. The van der Waals surface area contributed by atoms with Crippen molar-refractivity contribution in [3.8, 4) is 0 Å². The molecule has 0 saturated heterocycles. The maximum Gasteiger partial charge on any atom is 0.225 e. The number of thioether (sulfide) groups is 2. The maximum absolute atomic E-state index is 11.9. The van der Waals surface area contributed by atoms with Gasteiger partial charge in [0.2, 0.25) is 11.8 Å². The second-order valence-corrected chi connectivity index (χ2v) is 12.7. The van der Waals surface area contributed by atoms with Crippen LogP contribution in [0.25, 0.3) is 0 Å². The number of carbonyl (C=O) groups excluding carboxylic acids is 2. The van der Waals surface area contributed by atoms with E-state index in [1.165, 1.54) is 0 Å². The van der Waals surface area contributed by atoms with Crippen LogP contribution in [0.5, 0.6) is 0 Å². The van der Waals surface area contributed by atoms with E-state index in [1.54, 1.807) is 25.0 Å². The summed E-state index contributed by atoms with van der Waals surface area (Å²) in [5.74, 6) is 1.65. The van der Waals surface area contributed by atoms with Crippen molar-refractivity contribution in [3.05, 3.63) is 24.6 Å². The summed E-state index contributed by atoms with van der Waals surface area (Å²) in [6, 6.07) is 0. The fourth-order valence-corrected chi connectivity index (χ4v) is 5.69. The van der Waals surface area contributed by atoms with Crippen LogP contribution < -0.4 is 10.6 Å². The number of carbonyl (C=O) groups is 2. The molecule has 0 aromatic heterocycles. The summed E-state index contributed by atoms with van der Waals surface area (Å²) in [6.45, 7) is 19.4. The Hall–Kier alpha value is -1.08. The molecule has 31 heavy (non-hydrogen) atoms. The van der Waals surface area contributed by atoms with E-state index in [0.29, 0.717) is 13.0 Å². The SMILES string of the molecule is C=C(CC(C)(C)SCC(C)C(=O)NC)OCCC(C)(CC)SC(C)CC(=O)N/C=C\C. The lowest BCUT2D eigenvalue weighted by molar-refractivity contribution is -0.123. The number of ether oxygens (including phenoxy) is 1. The monoisotopic (exact) mass is 472 g/mol. The van der Waals surface area contributed by atoms with Crippen molar-refractivity contribution < 1.29 is 14.3 Å². The van der Waals surface area contributed by atoms with Crippen LogP contribution in [0.4, 0.5) is 0 Å². The predicted molar refractivity (Wildman–Crippen MR) is 137 cm³/mol. The molecule has 0 radical (unpaired) electrons. The highest BCUT2D eigenvalue weighted by Crippen LogP contribution is 2.37. The zero-order valence-electron chi connectivity index (χ0n) is 20.8. The smallest absolute Gasteiger partial charge is 0.225 e. The van der Waals surface area contributed by atoms with Gasteiger partial charge in [0.25, 0.3) is 0 Å². The zero-order valence-corrected chi connectivity index (χ0v) is 22.4. The van der Waals surface area contributed by atoms with Gasteiger partial charge in [-0.25, -0.2) is 0 Å². The van der Waals surface area contributed by atoms with E-state index in [9.17, 15) is 9.59 Å². The Kier molecular flexibility index (Phi) is 14.4. The molecular weight excluding hydrogens is 428 g/mol. The highest BCUT2D eigenvalue weighted by Gasteiger charge is 2.27. The first-order valence-corrected chi connectivity index (χ1v) is 13.0. The standard InChI is InChI=1S/C24H44N2O3S2/c1-10-13-26-21(27)15-20(5)31-24(8,11-2)12-14-29-19(4)16-23(6,7)30-17-18(3)22(28)25-9/h10,13,18,20H,4,11-12,14-17H2,1-3,5-9H3,(H,25,28)(H,26,27)/b13-10-. The van der Waals surface area contributed by atoms with Crippen LogP contribution in [0.3, 0.4) is 0 Å². The van der Waals surface area contributed by atoms with Gasteiger partial charge in [-0.05, 0) is 26.0 Å². The van der Waals surface area contributed by atoms with Crippen LogP contribution in [0.15, 0.2) is 24.6 Å². The Morgan fingerprint density at radius 3 is 2.42 bits per heavy atom. The van der Waals surface area contributed by atoms with Crippen LogP contribution in [0, 0.1) is 5.92 Å². The molecule has 0 aromatic rings. The molecule has 3 atom stereocenters. The molecule has 0 spiro atoms. The van der Waals surface area contributed by atoms with E-state index in [4.69, 9.17) is 4.74 Å². The summed E-state index contributed by atoms with van der Waals surface area (Å²) in [6.07, 6.45) is 6.64. The zero-order chi connectivity index (χ0) is 24.1. The number of allylic oxidation sites excluding steroid dienone is 2. The van der Waals surface area contributed by atoms with Gasteiger partial charge in [0.05, 0.1) is 12.4 Å². The van der Waals surface area contributed by atoms with Gasteiger partial charge in [0, 0.05) is 46.3 Å². The van der Waals surface area contributed by atoms with Gasteiger partial charge in [0.15, 0.2) is 0 Å². The van der Waals surface area contributed by atoms with Gasteiger partial charge in [-0.3, -0.25) is 9.59 Å². The average molecular weight is 473 g/mol. The van der Waals surface area contributed by atoms with Crippen molar-refractivity contribution in [1.29, 1.82) is 0 Å². The first kappa shape index (κ1) is 29.9. The molecule has 0 saturated carbocycles. The van der Waals surface area contributed by atoms with Crippen molar-refractivity contribution >= 4 is 35.3 Å². The molecule has 0 fully saturated rings. The van der Waals surface area contributed by atoms with Gasteiger partial charge >= 0.3 is 0 Å². The molecule has 0 bridgehead atoms. The summed E-state index contributed by atoms with van der Waals surface area (Å²) in [5.41, 5.74) is 0. The molecule has 180 valence electrons. The second-order valence-electron chi connectivity index (χ2n) is 8.90. The van der Waals surface area contributed by atoms with Crippen molar-refractivity contribution in [2.45, 2.75) is 88.9 Å². The van der Waals surface area contributed by atoms with E-state index in [-0.39, 0.29) is 32.5 Å². The fourth-order valence-electron chi connectivity index (χ4n) is 3.00. The first-order chi connectivity index (χ1) is 14.4. The summed E-state index contributed by atoms with van der Waals surface area (Å²) in [4.78, 5) is 23.6. The van der Waals surface area contributed by atoms with Crippen LogP contribution >= 0.6 is 23.5 Å². The number of hydrogen-bond acceptors (Lipinski definition) is 5. The average Bonchev–Trinajstić information content (AvgIpc) is 2.69. The number of rotatable bonds is 16. The lowest BCUT2D eigenvalue weighted by atomic mass is 10.0. The molecule has 5 nitrogen and oxygen atoms in total. The molecule has 0 aliphatic rings. The van der Waals surface area contributed by atoms with Crippen LogP contribution in [-0.4, -0.2) is 46.0 Å². The molecule has 2 amide bonds. The molecule has 0 heterocycles. The van der Waals surface area contributed by atoms with Crippen LogP contribution in [-0.2, 0) is 14.3 Å². The van der Waals surface area contributed by atoms with Gasteiger partial charge in [-0.15, -0.1) is 0 Å². The van der Waals surface area contributed by atoms with Crippen molar-refractivity contribution in [2.75, 3.05) is 19.4 Å². The Balaban J connectivity index is 4.46. The minimum Gasteiger partial charge on any atom is -0.498 e. The third kappa shape index (κ3) is 13.8. The molecule has 0 aromatic carbocycles. The van der Waals surface area contributed by atoms with Crippen LogP contribution in [0.1, 0.15) is 74.1 Å². The lowest BCUT2D eigenvalue weighted by Crippen LogP contribution is -2.29.